The van der Waals surface area contributed by atoms with Crippen LogP contribution in [-0.2, 0) is 11.2 Å². The Morgan fingerprint density at radius 1 is 1.08 bits per heavy atom. The molecule has 0 unspecified atom stereocenters. The molecule has 25 heavy (non-hydrogen) atoms. The molecule has 0 fully saturated rings. The van der Waals surface area contributed by atoms with Gasteiger partial charge in [0, 0.05) is 23.4 Å². The Labute approximate surface area is 149 Å². The summed E-state index contributed by atoms with van der Waals surface area (Å²) < 4.78 is 1.48. The van der Waals surface area contributed by atoms with Crippen LogP contribution < -0.4 is 5.32 Å². The fraction of sp³-hybridized carbons (Fsp3) is 0.450. The first-order valence-corrected chi connectivity index (χ1v) is 8.97. The van der Waals surface area contributed by atoms with Gasteiger partial charge in [-0.2, -0.15) is 5.10 Å². The number of aryl methyl sites for hydroxylation is 1. The maximum Gasteiger partial charge on any atom is 0.278 e. The number of anilines is 1. The van der Waals surface area contributed by atoms with Crippen LogP contribution in [0, 0.1) is 13.8 Å². The number of aromatic nitrogens is 2. The summed E-state index contributed by atoms with van der Waals surface area (Å²) in [6.07, 6.45) is 4.33. The molecule has 5 nitrogen and oxygen atoms in total. The van der Waals surface area contributed by atoms with Gasteiger partial charge >= 0.3 is 0 Å². The average Bonchev–Trinajstić information content (AvgIpc) is 2.88. The lowest BCUT2D eigenvalue weighted by Crippen LogP contribution is -2.16. The van der Waals surface area contributed by atoms with E-state index in [9.17, 15) is 9.59 Å². The Balaban J connectivity index is 2.13. The van der Waals surface area contributed by atoms with E-state index in [-0.39, 0.29) is 11.8 Å². The van der Waals surface area contributed by atoms with Crippen LogP contribution in [0.25, 0.3) is 0 Å². The molecule has 0 saturated carbocycles. The van der Waals surface area contributed by atoms with E-state index in [1.165, 1.54) is 4.68 Å². The number of benzene rings is 1. The highest BCUT2D eigenvalue weighted by Gasteiger charge is 2.17. The van der Waals surface area contributed by atoms with Crippen molar-refractivity contribution in [2.75, 3.05) is 5.32 Å². The molecule has 0 bridgehead atoms. The van der Waals surface area contributed by atoms with Crippen molar-refractivity contribution in [2.45, 2.75) is 59.8 Å². The van der Waals surface area contributed by atoms with Crippen molar-refractivity contribution in [3.63, 3.8) is 0 Å². The van der Waals surface area contributed by atoms with Crippen LogP contribution in [0.4, 0.5) is 5.69 Å². The molecule has 1 amide bonds. The monoisotopic (exact) mass is 341 g/mol. The van der Waals surface area contributed by atoms with E-state index in [1.54, 1.807) is 24.3 Å². The van der Waals surface area contributed by atoms with Gasteiger partial charge in [-0.3, -0.25) is 9.59 Å². The van der Waals surface area contributed by atoms with E-state index in [2.05, 4.69) is 24.3 Å². The summed E-state index contributed by atoms with van der Waals surface area (Å²) in [6.45, 7) is 8.05. The maximum atomic E-state index is 12.7. The van der Waals surface area contributed by atoms with Crippen molar-refractivity contribution in [1.82, 2.24) is 9.78 Å². The third-order valence-electron chi connectivity index (χ3n) is 4.31. The van der Waals surface area contributed by atoms with Gasteiger partial charge in [0.2, 0.25) is 5.91 Å². The molecule has 1 N–H and O–H groups in total. The fourth-order valence-corrected chi connectivity index (χ4v) is 2.86. The van der Waals surface area contributed by atoms with Crippen molar-refractivity contribution in [1.29, 1.82) is 0 Å². The van der Waals surface area contributed by atoms with Gasteiger partial charge in [0.1, 0.15) is 0 Å². The molecule has 2 rings (SSSR count). The Morgan fingerprint density at radius 3 is 2.36 bits per heavy atom. The Bertz CT molecular complexity index is 745. The molecule has 1 heterocycles. The standard InChI is InChI=1S/C20H27N3O2/c1-5-7-9-19(24)21-17-12-10-16(11-13-17)20(25)23-15(4)18(8-6-2)14(3)22-23/h10-13H,5-9H2,1-4H3,(H,21,24). The summed E-state index contributed by atoms with van der Waals surface area (Å²) in [5, 5.41) is 7.26. The average molecular weight is 341 g/mol. The summed E-state index contributed by atoms with van der Waals surface area (Å²) in [7, 11) is 0. The number of hydrogen-bond donors (Lipinski definition) is 1. The van der Waals surface area contributed by atoms with Crippen molar-refractivity contribution in [3.8, 4) is 0 Å². The number of nitrogens with one attached hydrogen (secondary N) is 1. The van der Waals surface area contributed by atoms with Crippen molar-refractivity contribution >= 4 is 17.5 Å². The van der Waals surface area contributed by atoms with Gasteiger partial charge in [-0.15, -0.1) is 0 Å². The van der Waals surface area contributed by atoms with Gasteiger partial charge in [0.25, 0.3) is 5.91 Å². The van der Waals surface area contributed by atoms with Crippen molar-refractivity contribution < 1.29 is 9.59 Å². The number of hydrogen-bond acceptors (Lipinski definition) is 3. The summed E-state index contributed by atoms with van der Waals surface area (Å²) >= 11 is 0. The number of amides is 1. The fourth-order valence-electron chi connectivity index (χ4n) is 2.86. The highest BCUT2D eigenvalue weighted by molar-refractivity contribution is 5.97. The van der Waals surface area contributed by atoms with Crippen LogP contribution in [0.2, 0.25) is 0 Å². The van der Waals surface area contributed by atoms with Crippen molar-refractivity contribution in [3.05, 3.63) is 46.8 Å². The minimum absolute atomic E-state index is 0.00341. The molecule has 0 saturated heterocycles. The summed E-state index contributed by atoms with van der Waals surface area (Å²) in [4.78, 5) is 24.5. The second-order valence-electron chi connectivity index (χ2n) is 6.35. The van der Waals surface area contributed by atoms with Crippen LogP contribution in [0.5, 0.6) is 0 Å². The third-order valence-corrected chi connectivity index (χ3v) is 4.31. The van der Waals surface area contributed by atoms with Crippen LogP contribution in [0.3, 0.4) is 0 Å². The molecule has 0 spiro atoms. The van der Waals surface area contributed by atoms with Gasteiger partial charge in [0.15, 0.2) is 0 Å². The smallest absolute Gasteiger partial charge is 0.278 e. The zero-order valence-electron chi connectivity index (χ0n) is 15.6. The van der Waals surface area contributed by atoms with Gasteiger partial charge in [-0.05, 0) is 56.5 Å². The molecular formula is C20H27N3O2. The summed E-state index contributed by atoms with van der Waals surface area (Å²) in [5.41, 5.74) is 4.22. The van der Waals surface area contributed by atoms with Crippen LogP contribution >= 0.6 is 0 Å². The van der Waals surface area contributed by atoms with Crippen molar-refractivity contribution in [2.24, 2.45) is 0 Å². The van der Waals surface area contributed by atoms with Crippen LogP contribution in [0.15, 0.2) is 24.3 Å². The summed E-state index contributed by atoms with van der Waals surface area (Å²) in [6, 6.07) is 6.98. The molecule has 134 valence electrons. The highest BCUT2D eigenvalue weighted by atomic mass is 16.2. The Kier molecular flexibility index (Phi) is 6.51. The molecule has 1 aromatic carbocycles. The molecule has 0 aliphatic carbocycles. The van der Waals surface area contributed by atoms with E-state index >= 15 is 0 Å². The van der Waals surface area contributed by atoms with E-state index in [0.717, 1.165) is 42.6 Å². The first-order chi connectivity index (χ1) is 12.0. The second kappa shape index (κ2) is 8.60. The second-order valence-corrected chi connectivity index (χ2v) is 6.35. The molecule has 0 aliphatic rings. The molecule has 1 aromatic heterocycles. The largest absolute Gasteiger partial charge is 0.326 e. The minimum Gasteiger partial charge on any atom is -0.326 e. The first-order valence-electron chi connectivity index (χ1n) is 8.97. The molecule has 5 heteroatoms. The predicted octanol–water partition coefficient (Wildman–Crippen LogP) is 4.27. The zero-order chi connectivity index (χ0) is 18.4. The number of nitrogens with zero attached hydrogens (tertiary/aromatic N) is 2. The maximum absolute atomic E-state index is 12.7. The lowest BCUT2D eigenvalue weighted by atomic mass is 10.1. The number of carbonyl (C=O) groups excluding carboxylic acids is 2. The lowest BCUT2D eigenvalue weighted by Gasteiger charge is -2.07. The summed E-state index contributed by atoms with van der Waals surface area (Å²) in [5.74, 6) is -0.143. The molecule has 0 radical (unpaired) electrons. The number of carbonyl (C=O) groups is 2. The zero-order valence-corrected chi connectivity index (χ0v) is 15.6. The van der Waals surface area contributed by atoms with Gasteiger partial charge in [-0.1, -0.05) is 26.7 Å². The molecular weight excluding hydrogens is 314 g/mol. The van der Waals surface area contributed by atoms with E-state index in [1.807, 2.05) is 13.8 Å². The Hall–Kier alpha value is -2.43. The van der Waals surface area contributed by atoms with Crippen LogP contribution in [0.1, 0.15) is 66.8 Å². The SMILES string of the molecule is CCCCC(=O)Nc1ccc(C(=O)n2nc(C)c(CCC)c2C)cc1. The van der Waals surface area contributed by atoms with Gasteiger partial charge < -0.3 is 5.32 Å². The van der Waals surface area contributed by atoms with Crippen LogP contribution in [-0.4, -0.2) is 21.6 Å². The minimum atomic E-state index is -0.146. The lowest BCUT2D eigenvalue weighted by molar-refractivity contribution is -0.116. The van der Waals surface area contributed by atoms with E-state index in [0.29, 0.717) is 17.7 Å². The van der Waals surface area contributed by atoms with E-state index < -0.39 is 0 Å². The predicted molar refractivity (Wildman–Crippen MR) is 100 cm³/mol. The van der Waals surface area contributed by atoms with E-state index in [4.69, 9.17) is 0 Å². The quantitative estimate of drug-likeness (QED) is 0.818. The number of unbranched alkanes of at least 4 members (excludes halogenated alkanes) is 1. The third kappa shape index (κ3) is 4.56. The number of rotatable bonds is 7. The molecule has 2 aromatic rings. The normalized spacial score (nSPS) is 10.7. The first kappa shape index (κ1) is 18.9. The topological polar surface area (TPSA) is 64.0 Å². The molecule has 0 aliphatic heterocycles. The Morgan fingerprint density at radius 2 is 1.76 bits per heavy atom. The van der Waals surface area contributed by atoms with Gasteiger partial charge in [0.05, 0.1) is 5.69 Å². The molecule has 0 atom stereocenters. The highest BCUT2D eigenvalue weighted by Crippen LogP contribution is 2.18. The van der Waals surface area contributed by atoms with Gasteiger partial charge in [-0.25, -0.2) is 4.68 Å².